The highest BCUT2D eigenvalue weighted by molar-refractivity contribution is 5.97. The molecule has 1 heterocycles. The average Bonchev–Trinajstić information content (AvgIpc) is 3.47. The van der Waals surface area contributed by atoms with Crippen LogP contribution in [-0.2, 0) is 22.7 Å². The zero-order valence-electron chi connectivity index (χ0n) is 21.1. The number of benzene rings is 4. The normalized spacial score (nSPS) is 14.6. The number of para-hydroxylation sites is 1. The topological polar surface area (TPSA) is 67.9 Å². The van der Waals surface area contributed by atoms with Gasteiger partial charge in [-0.2, -0.15) is 0 Å². The van der Waals surface area contributed by atoms with Crippen LogP contribution >= 0.6 is 0 Å². The monoisotopic (exact) mass is 506 g/mol. The Balaban J connectivity index is 1.17. The molecule has 2 amide bonds. The van der Waals surface area contributed by atoms with Crippen LogP contribution in [0, 0.1) is 0 Å². The molecule has 0 saturated carbocycles. The van der Waals surface area contributed by atoms with Gasteiger partial charge in [0.1, 0.15) is 25.0 Å². The highest BCUT2D eigenvalue weighted by Gasteiger charge is 2.35. The lowest BCUT2D eigenvalue weighted by Gasteiger charge is -2.23. The van der Waals surface area contributed by atoms with Gasteiger partial charge in [-0.3, -0.25) is 9.69 Å². The van der Waals surface area contributed by atoms with Crippen molar-refractivity contribution in [1.29, 1.82) is 0 Å². The zero-order chi connectivity index (χ0) is 26.2. The first-order valence-electron chi connectivity index (χ1n) is 12.8. The molecule has 38 heavy (non-hydrogen) atoms. The highest BCUT2D eigenvalue weighted by atomic mass is 16.6. The molecule has 0 spiro atoms. The van der Waals surface area contributed by atoms with Gasteiger partial charge in [0.25, 0.3) is 0 Å². The lowest BCUT2D eigenvalue weighted by atomic mass is 10.0. The Morgan fingerprint density at radius 2 is 1.47 bits per heavy atom. The number of nitrogens with one attached hydrogen (secondary N) is 1. The molecule has 0 aliphatic carbocycles. The fraction of sp³-hybridized carbons (Fsp3) is 0.188. The van der Waals surface area contributed by atoms with E-state index in [0.29, 0.717) is 25.3 Å². The molecule has 1 unspecified atom stereocenters. The molecule has 4 aromatic rings. The number of hydrogen-bond donors (Lipinski definition) is 1. The predicted molar refractivity (Wildman–Crippen MR) is 148 cm³/mol. The van der Waals surface area contributed by atoms with Crippen LogP contribution in [0.15, 0.2) is 109 Å². The first kappa shape index (κ1) is 25.1. The molecule has 0 radical (unpaired) electrons. The Morgan fingerprint density at radius 3 is 2.24 bits per heavy atom. The summed E-state index contributed by atoms with van der Waals surface area (Å²) in [6.45, 7) is 1.18. The number of carbonyl (C=O) groups is 2. The molecule has 1 aliphatic rings. The molecule has 0 aromatic heterocycles. The van der Waals surface area contributed by atoms with Crippen LogP contribution in [0.25, 0.3) is 11.1 Å². The van der Waals surface area contributed by atoms with Gasteiger partial charge in [0, 0.05) is 12.2 Å². The molecule has 0 bridgehead atoms. The molecule has 1 aliphatic heterocycles. The third-order valence-corrected chi connectivity index (χ3v) is 6.56. The van der Waals surface area contributed by atoms with Crippen molar-refractivity contribution >= 4 is 17.7 Å². The van der Waals surface area contributed by atoms with Crippen LogP contribution in [0.5, 0.6) is 5.75 Å². The quantitative estimate of drug-likeness (QED) is 0.290. The second kappa shape index (κ2) is 12.1. The summed E-state index contributed by atoms with van der Waals surface area (Å²) in [5, 5.41) is 2.96. The Labute approximate surface area is 222 Å². The smallest absolute Gasteiger partial charge is 0.410 e. The number of carbonyl (C=O) groups excluding carboxylic acids is 2. The molecular weight excluding hydrogens is 476 g/mol. The lowest BCUT2D eigenvalue weighted by molar-refractivity contribution is -0.120. The van der Waals surface area contributed by atoms with Gasteiger partial charge in [-0.25, -0.2) is 4.79 Å². The van der Waals surface area contributed by atoms with Crippen molar-refractivity contribution in [2.75, 3.05) is 11.9 Å². The van der Waals surface area contributed by atoms with E-state index in [0.717, 1.165) is 34.4 Å². The van der Waals surface area contributed by atoms with Crippen molar-refractivity contribution in [3.05, 3.63) is 120 Å². The highest BCUT2D eigenvalue weighted by Crippen LogP contribution is 2.25. The number of likely N-dealkylation sites (tertiary alicyclic amines) is 1. The van der Waals surface area contributed by atoms with E-state index >= 15 is 0 Å². The van der Waals surface area contributed by atoms with Crippen molar-refractivity contribution in [3.8, 4) is 16.9 Å². The molecule has 5 rings (SSSR count). The van der Waals surface area contributed by atoms with Crippen molar-refractivity contribution in [3.63, 3.8) is 0 Å². The number of amides is 2. The Morgan fingerprint density at radius 1 is 0.763 bits per heavy atom. The van der Waals surface area contributed by atoms with Crippen molar-refractivity contribution in [1.82, 2.24) is 4.90 Å². The summed E-state index contributed by atoms with van der Waals surface area (Å²) >= 11 is 0. The minimum absolute atomic E-state index is 0.186. The minimum Gasteiger partial charge on any atom is -0.489 e. The van der Waals surface area contributed by atoms with E-state index in [1.165, 1.54) is 4.90 Å². The van der Waals surface area contributed by atoms with Crippen molar-refractivity contribution in [2.24, 2.45) is 0 Å². The van der Waals surface area contributed by atoms with Gasteiger partial charge < -0.3 is 14.8 Å². The third-order valence-electron chi connectivity index (χ3n) is 6.56. The zero-order valence-corrected chi connectivity index (χ0v) is 21.1. The second-order valence-electron chi connectivity index (χ2n) is 9.26. The van der Waals surface area contributed by atoms with Crippen molar-refractivity contribution < 1.29 is 19.1 Å². The summed E-state index contributed by atoms with van der Waals surface area (Å²) in [5.74, 6) is 0.634. The fourth-order valence-electron chi connectivity index (χ4n) is 4.56. The van der Waals surface area contributed by atoms with E-state index in [2.05, 4.69) is 17.4 Å². The van der Waals surface area contributed by atoms with Gasteiger partial charge in [0.2, 0.25) is 5.91 Å². The summed E-state index contributed by atoms with van der Waals surface area (Å²) in [6.07, 6.45) is 0.919. The minimum atomic E-state index is -0.542. The predicted octanol–water partition coefficient (Wildman–Crippen LogP) is 6.67. The van der Waals surface area contributed by atoms with E-state index in [1.807, 2.05) is 97.1 Å². The van der Waals surface area contributed by atoms with Gasteiger partial charge in [0.15, 0.2) is 0 Å². The van der Waals surface area contributed by atoms with E-state index in [9.17, 15) is 9.59 Å². The van der Waals surface area contributed by atoms with Gasteiger partial charge in [-0.15, -0.1) is 0 Å². The maximum absolute atomic E-state index is 13.0. The van der Waals surface area contributed by atoms with Crippen molar-refractivity contribution in [2.45, 2.75) is 32.1 Å². The van der Waals surface area contributed by atoms with Gasteiger partial charge in [-0.1, -0.05) is 78.9 Å². The average molecular weight is 507 g/mol. The second-order valence-corrected chi connectivity index (χ2v) is 9.26. The number of nitrogens with zero attached hydrogens (tertiary/aromatic N) is 1. The van der Waals surface area contributed by atoms with Crippen LogP contribution in [0.4, 0.5) is 10.5 Å². The van der Waals surface area contributed by atoms with Crippen LogP contribution in [0.1, 0.15) is 24.0 Å². The molecular formula is C32H30N2O4. The van der Waals surface area contributed by atoms with Crippen LogP contribution in [-0.4, -0.2) is 29.5 Å². The van der Waals surface area contributed by atoms with E-state index < -0.39 is 12.1 Å². The standard InChI is InChI=1S/C32H30N2O4/c35-31(30-15-8-20-34(30)32(36)38-22-24-9-3-1-4-10-24)33-28-18-16-26(17-19-28)27-12-7-11-25(21-27)23-37-29-13-5-2-6-14-29/h1-7,9-14,16-19,21,30H,8,15,20,22-23H2,(H,33,35). The van der Waals surface area contributed by atoms with Crippen LogP contribution in [0.3, 0.4) is 0 Å². The molecule has 192 valence electrons. The van der Waals surface area contributed by atoms with Gasteiger partial charge >= 0.3 is 6.09 Å². The number of rotatable bonds is 8. The lowest BCUT2D eigenvalue weighted by Crippen LogP contribution is -2.43. The molecule has 1 N–H and O–H groups in total. The Bertz CT molecular complexity index is 1360. The Kier molecular flexibility index (Phi) is 7.99. The van der Waals surface area contributed by atoms with Gasteiger partial charge in [0.05, 0.1) is 0 Å². The first-order valence-corrected chi connectivity index (χ1v) is 12.8. The number of anilines is 1. The summed E-state index contributed by atoms with van der Waals surface area (Å²) < 4.78 is 11.3. The summed E-state index contributed by atoms with van der Waals surface area (Å²) in [7, 11) is 0. The molecule has 1 fully saturated rings. The summed E-state index contributed by atoms with van der Waals surface area (Å²) in [4.78, 5) is 27.2. The Hall–Kier alpha value is -4.58. The SMILES string of the molecule is O=C(Nc1ccc(-c2cccc(COc3ccccc3)c2)cc1)C1CCCN1C(=O)OCc1ccccc1. The van der Waals surface area contributed by atoms with Crippen LogP contribution in [0.2, 0.25) is 0 Å². The third kappa shape index (κ3) is 6.40. The number of hydrogen-bond acceptors (Lipinski definition) is 4. The molecule has 6 nitrogen and oxygen atoms in total. The molecule has 1 atom stereocenters. The number of ether oxygens (including phenoxy) is 2. The van der Waals surface area contributed by atoms with E-state index in [4.69, 9.17) is 9.47 Å². The van der Waals surface area contributed by atoms with E-state index in [-0.39, 0.29) is 12.5 Å². The first-order chi connectivity index (χ1) is 18.7. The molecule has 6 heteroatoms. The maximum atomic E-state index is 13.0. The fourth-order valence-corrected chi connectivity index (χ4v) is 4.56. The largest absolute Gasteiger partial charge is 0.489 e. The van der Waals surface area contributed by atoms with E-state index in [1.54, 1.807) is 0 Å². The maximum Gasteiger partial charge on any atom is 0.410 e. The van der Waals surface area contributed by atoms with Crippen LogP contribution < -0.4 is 10.1 Å². The molecule has 1 saturated heterocycles. The van der Waals surface area contributed by atoms with Gasteiger partial charge in [-0.05, 0) is 65.4 Å². The summed E-state index contributed by atoms with van der Waals surface area (Å²) in [6, 6.07) is 34.7. The summed E-state index contributed by atoms with van der Waals surface area (Å²) in [5.41, 5.74) is 4.78. The molecule has 4 aromatic carbocycles.